The fourth-order valence-corrected chi connectivity index (χ4v) is 6.05. The number of benzene rings is 1. The molecule has 4 N–H and O–H groups in total. The molecule has 0 heterocycles. The Morgan fingerprint density at radius 1 is 1.05 bits per heavy atom. The normalized spacial score (nSPS) is 12.9. The molecule has 0 fully saturated rings. The number of aryl methyl sites for hydroxylation is 1. The van der Waals surface area contributed by atoms with Crippen LogP contribution in [0, 0.1) is 0 Å². The molecule has 0 unspecified atom stereocenters. The first-order valence-corrected chi connectivity index (χ1v) is 10.2. The van der Waals surface area contributed by atoms with Gasteiger partial charge in [-0.05, 0) is 30.0 Å². The molecule has 0 aliphatic heterocycles. The summed E-state index contributed by atoms with van der Waals surface area (Å²) in [4.78, 5) is 37.2. The van der Waals surface area contributed by atoms with Crippen molar-refractivity contribution in [1.82, 2.24) is 0 Å². The Balaban J connectivity index is 3.26. The summed E-state index contributed by atoms with van der Waals surface area (Å²) in [7, 11) is -9.83. The van der Waals surface area contributed by atoms with Crippen molar-refractivity contribution in [1.29, 1.82) is 0 Å². The predicted octanol–water partition coefficient (Wildman–Crippen LogP) is 2.54. The van der Waals surface area contributed by atoms with Gasteiger partial charge < -0.3 is 19.6 Å². The van der Waals surface area contributed by atoms with Crippen molar-refractivity contribution in [2.75, 3.05) is 0 Å². The van der Waals surface area contributed by atoms with Gasteiger partial charge in [-0.25, -0.2) is 0 Å². The highest BCUT2D eigenvalue weighted by Crippen LogP contribution is 2.66. The molecular formula is C11H18O6P2S. The molecule has 20 heavy (non-hydrogen) atoms. The number of hydrogen-bond acceptors (Lipinski definition) is 3. The summed E-state index contributed by atoms with van der Waals surface area (Å²) in [5.74, 6) is 0. The summed E-state index contributed by atoms with van der Waals surface area (Å²) in [6.45, 7) is 3.84. The van der Waals surface area contributed by atoms with Crippen LogP contribution in [0.25, 0.3) is 0 Å². The van der Waals surface area contributed by atoms with Crippen molar-refractivity contribution < 1.29 is 28.7 Å². The number of thioether (sulfide) groups is 1. The Labute approximate surface area is 121 Å². The van der Waals surface area contributed by atoms with Crippen molar-refractivity contribution in [2.24, 2.45) is 0 Å². The first-order chi connectivity index (χ1) is 9.11. The molecule has 0 aromatic heterocycles. The highest BCUT2D eigenvalue weighted by molar-refractivity contribution is 8.12. The van der Waals surface area contributed by atoms with E-state index in [-0.39, 0.29) is 0 Å². The van der Waals surface area contributed by atoms with Crippen LogP contribution in [0.15, 0.2) is 23.1 Å². The number of hydrogen-bond donors (Lipinski definition) is 4. The van der Waals surface area contributed by atoms with Crippen molar-refractivity contribution in [3.63, 3.8) is 0 Å². The molecule has 1 aromatic carbocycles. The fraction of sp³-hybridized carbons (Fsp3) is 0.455. The summed E-state index contributed by atoms with van der Waals surface area (Å²) >= 11 is 0.557. The third kappa shape index (κ3) is 4.43. The molecule has 6 nitrogen and oxygen atoms in total. The highest BCUT2D eigenvalue weighted by Gasteiger charge is 2.44. The van der Waals surface area contributed by atoms with E-state index >= 15 is 0 Å². The monoisotopic (exact) mass is 340 g/mol. The zero-order valence-corrected chi connectivity index (χ0v) is 13.7. The third-order valence-corrected chi connectivity index (χ3v) is 8.86. The fourth-order valence-electron chi connectivity index (χ4n) is 1.90. The van der Waals surface area contributed by atoms with Crippen LogP contribution in [-0.2, 0) is 22.0 Å². The Hall–Kier alpha value is -0.130. The summed E-state index contributed by atoms with van der Waals surface area (Å²) in [6, 6.07) is 5.24. The molecule has 0 aliphatic rings. The van der Waals surface area contributed by atoms with Gasteiger partial charge in [-0.2, -0.15) is 0 Å². The second-order valence-corrected chi connectivity index (χ2v) is 9.87. The lowest BCUT2D eigenvalue weighted by Gasteiger charge is -2.21. The molecular weight excluding hydrogens is 322 g/mol. The SMILES string of the molecule is CCc1cccc(SC(P(=O)(O)O)P(=O)(O)O)c1CC. The average molecular weight is 340 g/mol. The van der Waals surface area contributed by atoms with Crippen LogP contribution in [-0.4, -0.2) is 24.3 Å². The predicted molar refractivity (Wildman–Crippen MR) is 78.9 cm³/mol. The molecule has 0 radical (unpaired) electrons. The second-order valence-electron chi connectivity index (χ2n) is 4.22. The summed E-state index contributed by atoms with van der Waals surface area (Å²) in [5.41, 5.74) is 1.87. The zero-order chi connectivity index (χ0) is 15.6. The molecule has 1 rings (SSSR count). The van der Waals surface area contributed by atoms with E-state index in [1.807, 2.05) is 19.9 Å². The van der Waals surface area contributed by atoms with E-state index < -0.39 is 19.9 Å². The molecule has 9 heteroatoms. The van der Waals surface area contributed by atoms with Gasteiger partial charge in [-0.1, -0.05) is 37.7 Å². The molecule has 0 bridgehead atoms. The molecule has 0 aliphatic carbocycles. The molecule has 1 aromatic rings. The van der Waals surface area contributed by atoms with E-state index in [2.05, 4.69) is 0 Å². The number of rotatable bonds is 6. The van der Waals surface area contributed by atoms with Gasteiger partial charge in [0.15, 0.2) is 0 Å². The van der Waals surface area contributed by atoms with Crippen LogP contribution < -0.4 is 0 Å². The van der Waals surface area contributed by atoms with Gasteiger partial charge in [0.25, 0.3) is 0 Å². The first kappa shape index (κ1) is 17.9. The standard InChI is InChI=1S/C11H18O6P2S/c1-3-8-6-5-7-10(9(8)4-2)20-11(18(12,13)14)19(15,16)17/h5-7,11H,3-4H2,1-2H3,(H2,12,13,14)(H2,15,16,17). The van der Waals surface area contributed by atoms with Crippen LogP contribution in [0.5, 0.6) is 0 Å². The minimum Gasteiger partial charge on any atom is -0.323 e. The Kier molecular flexibility index (Phi) is 6.05. The third-order valence-electron chi connectivity index (χ3n) is 2.77. The van der Waals surface area contributed by atoms with Crippen LogP contribution in [0.1, 0.15) is 25.0 Å². The van der Waals surface area contributed by atoms with Gasteiger partial charge in [-0.3, -0.25) is 9.13 Å². The van der Waals surface area contributed by atoms with Crippen LogP contribution in [0.4, 0.5) is 0 Å². The lowest BCUT2D eigenvalue weighted by molar-refractivity contribution is 0.352. The first-order valence-electron chi connectivity index (χ1n) is 5.99. The molecule has 0 amide bonds. The van der Waals surface area contributed by atoms with E-state index in [0.29, 0.717) is 23.1 Å². The Morgan fingerprint density at radius 3 is 2.00 bits per heavy atom. The second kappa shape index (κ2) is 6.75. The summed E-state index contributed by atoms with van der Waals surface area (Å²) < 4.78 is 20.6. The van der Waals surface area contributed by atoms with Crippen molar-refractivity contribution >= 4 is 27.0 Å². The van der Waals surface area contributed by atoms with Crippen LogP contribution in [0.2, 0.25) is 0 Å². The van der Waals surface area contributed by atoms with Crippen LogP contribution >= 0.6 is 27.0 Å². The van der Waals surface area contributed by atoms with E-state index in [4.69, 9.17) is 19.6 Å². The largest absolute Gasteiger partial charge is 0.351 e. The summed E-state index contributed by atoms with van der Waals surface area (Å²) in [5, 5.41) is 0. The van der Waals surface area contributed by atoms with Gasteiger partial charge >= 0.3 is 15.2 Å². The topological polar surface area (TPSA) is 115 Å². The Bertz CT molecular complexity index is 542. The zero-order valence-electron chi connectivity index (χ0n) is 11.1. The molecule has 0 saturated carbocycles. The van der Waals surface area contributed by atoms with Crippen molar-refractivity contribution in [3.8, 4) is 0 Å². The van der Waals surface area contributed by atoms with Crippen molar-refractivity contribution in [2.45, 2.75) is 36.3 Å². The molecule has 0 saturated heterocycles. The maximum absolute atomic E-state index is 11.3. The average Bonchev–Trinajstić information content (AvgIpc) is 2.32. The van der Waals surface area contributed by atoms with Gasteiger partial charge in [0, 0.05) is 4.90 Å². The molecule has 114 valence electrons. The van der Waals surface area contributed by atoms with E-state index in [1.165, 1.54) is 0 Å². The minimum absolute atomic E-state index is 0.503. The van der Waals surface area contributed by atoms with E-state index in [1.54, 1.807) is 12.1 Å². The summed E-state index contributed by atoms with van der Waals surface area (Å²) in [6.07, 6.45) is 1.37. The van der Waals surface area contributed by atoms with Crippen molar-refractivity contribution in [3.05, 3.63) is 29.3 Å². The van der Waals surface area contributed by atoms with Gasteiger partial charge in [0.1, 0.15) is 0 Å². The Morgan fingerprint density at radius 2 is 1.60 bits per heavy atom. The molecule has 0 atom stereocenters. The maximum Gasteiger partial charge on any atom is 0.351 e. The molecule has 0 spiro atoms. The minimum atomic E-state index is -4.92. The van der Waals surface area contributed by atoms with Gasteiger partial charge in [0.05, 0.1) is 0 Å². The highest BCUT2D eigenvalue weighted by atomic mass is 32.2. The maximum atomic E-state index is 11.3. The van der Waals surface area contributed by atoms with Gasteiger partial charge in [-0.15, -0.1) is 0 Å². The van der Waals surface area contributed by atoms with E-state index in [9.17, 15) is 9.13 Å². The lowest BCUT2D eigenvalue weighted by Crippen LogP contribution is -2.06. The smallest absolute Gasteiger partial charge is 0.323 e. The van der Waals surface area contributed by atoms with Gasteiger partial charge in [0.2, 0.25) is 4.73 Å². The van der Waals surface area contributed by atoms with E-state index in [0.717, 1.165) is 17.5 Å². The quantitative estimate of drug-likeness (QED) is 0.465. The lowest BCUT2D eigenvalue weighted by atomic mass is 10.0. The van der Waals surface area contributed by atoms with Crippen LogP contribution in [0.3, 0.4) is 0 Å².